The molecule has 32 heavy (non-hydrogen) atoms. The molecule has 7 nitrogen and oxygen atoms in total. The second-order valence-electron chi connectivity index (χ2n) is 8.29. The highest BCUT2D eigenvalue weighted by molar-refractivity contribution is 5.94. The third kappa shape index (κ3) is 4.02. The summed E-state index contributed by atoms with van der Waals surface area (Å²) >= 11 is 0. The molecule has 1 amide bonds. The number of aromatic nitrogens is 2. The van der Waals surface area contributed by atoms with Crippen LogP contribution in [0.15, 0.2) is 36.4 Å². The van der Waals surface area contributed by atoms with E-state index < -0.39 is 11.9 Å². The van der Waals surface area contributed by atoms with Crippen molar-refractivity contribution in [2.45, 2.75) is 51.5 Å². The zero-order chi connectivity index (χ0) is 22.1. The maximum atomic E-state index is 15.5. The molecule has 3 aromatic rings. The number of ether oxygens (including phenoxy) is 3. The number of halogens is 1. The minimum Gasteiger partial charge on any atom is -0.491 e. The standard InChI is InChI=1S/C24H26FN3O4/c1-15-10-11-26-24(29)31-14-16-5-4-6-18(22(16)25)23-19-13-17(32-15)8-9-20(19)28(27-23)21-7-2-3-12-30-21/h4-6,8-9,13,15,21H,2-3,7,10-12,14H2,1H3,(H,26,29)/t15-,21?/m1/s1. The summed E-state index contributed by atoms with van der Waals surface area (Å²) < 4.78 is 34.6. The number of cyclic esters (lactones) is 1. The molecule has 0 spiro atoms. The highest BCUT2D eigenvalue weighted by Crippen LogP contribution is 2.36. The maximum absolute atomic E-state index is 15.5. The summed E-state index contributed by atoms with van der Waals surface area (Å²) in [7, 11) is 0. The van der Waals surface area contributed by atoms with Crippen LogP contribution in [0.4, 0.5) is 9.18 Å². The van der Waals surface area contributed by atoms with Gasteiger partial charge in [0.2, 0.25) is 0 Å². The van der Waals surface area contributed by atoms with Crippen LogP contribution in [0.2, 0.25) is 0 Å². The third-order valence-corrected chi connectivity index (χ3v) is 5.96. The molecule has 1 unspecified atom stereocenters. The van der Waals surface area contributed by atoms with E-state index >= 15 is 4.39 Å². The number of nitrogens with one attached hydrogen (secondary N) is 1. The van der Waals surface area contributed by atoms with E-state index in [1.54, 1.807) is 18.2 Å². The van der Waals surface area contributed by atoms with Crippen molar-refractivity contribution in [3.8, 4) is 17.0 Å². The summed E-state index contributed by atoms with van der Waals surface area (Å²) in [6, 6.07) is 10.8. The summed E-state index contributed by atoms with van der Waals surface area (Å²) in [6.07, 6.45) is 2.66. The van der Waals surface area contributed by atoms with E-state index in [-0.39, 0.29) is 18.9 Å². The van der Waals surface area contributed by atoms with E-state index in [0.29, 0.717) is 42.1 Å². The zero-order valence-corrected chi connectivity index (χ0v) is 18.0. The van der Waals surface area contributed by atoms with E-state index in [1.165, 1.54) is 0 Å². The Morgan fingerprint density at radius 2 is 2.09 bits per heavy atom. The molecule has 0 radical (unpaired) electrons. The number of hydrogen-bond acceptors (Lipinski definition) is 5. The lowest BCUT2D eigenvalue weighted by Crippen LogP contribution is -2.28. The van der Waals surface area contributed by atoms with Crippen LogP contribution in [0.5, 0.6) is 5.75 Å². The molecule has 1 N–H and O–H groups in total. The fourth-order valence-electron chi connectivity index (χ4n) is 4.27. The first-order chi connectivity index (χ1) is 15.6. The van der Waals surface area contributed by atoms with Crippen molar-refractivity contribution in [1.82, 2.24) is 15.1 Å². The molecule has 1 saturated heterocycles. The van der Waals surface area contributed by atoms with Crippen LogP contribution in [0.1, 0.15) is 44.4 Å². The van der Waals surface area contributed by atoms with Gasteiger partial charge in [-0.1, -0.05) is 12.1 Å². The van der Waals surface area contributed by atoms with E-state index in [9.17, 15) is 4.79 Å². The maximum Gasteiger partial charge on any atom is 0.407 e. The van der Waals surface area contributed by atoms with Crippen molar-refractivity contribution in [3.05, 3.63) is 47.8 Å². The normalized spacial score (nSPS) is 21.9. The van der Waals surface area contributed by atoms with Crippen molar-refractivity contribution in [2.24, 2.45) is 0 Å². The average molecular weight is 439 g/mol. The Balaban J connectivity index is 1.67. The van der Waals surface area contributed by atoms with E-state index in [2.05, 4.69) is 5.32 Å². The SMILES string of the molecule is C[C@@H]1CCNC(=O)OCc2cccc(c2F)-c2nn(C3CCCCO3)c3ccc(cc23)O1. The molecule has 1 aromatic heterocycles. The fraction of sp³-hybridized carbons (Fsp3) is 0.417. The van der Waals surface area contributed by atoms with Gasteiger partial charge in [0, 0.05) is 36.1 Å². The van der Waals surface area contributed by atoms with Gasteiger partial charge in [-0.25, -0.2) is 13.9 Å². The Kier molecular flexibility index (Phi) is 5.70. The topological polar surface area (TPSA) is 74.6 Å². The first-order valence-electron chi connectivity index (χ1n) is 11.1. The minimum absolute atomic E-state index is 0.129. The van der Waals surface area contributed by atoms with Crippen molar-refractivity contribution in [1.29, 1.82) is 0 Å². The lowest BCUT2D eigenvalue weighted by Gasteiger charge is -2.23. The number of alkyl carbamates (subject to hydrolysis) is 1. The van der Waals surface area contributed by atoms with Gasteiger partial charge in [-0.3, -0.25) is 0 Å². The van der Waals surface area contributed by atoms with Crippen LogP contribution >= 0.6 is 0 Å². The Hall–Kier alpha value is -3.13. The van der Waals surface area contributed by atoms with Gasteiger partial charge in [0.05, 0.1) is 11.6 Å². The molecular formula is C24H26FN3O4. The Bertz CT molecular complexity index is 1140. The highest BCUT2D eigenvalue weighted by Gasteiger charge is 2.24. The molecule has 2 aromatic carbocycles. The molecule has 2 aliphatic heterocycles. The van der Waals surface area contributed by atoms with Crippen LogP contribution in [0, 0.1) is 5.82 Å². The molecule has 0 saturated carbocycles. The minimum atomic E-state index is -0.585. The van der Waals surface area contributed by atoms with Gasteiger partial charge in [0.15, 0.2) is 6.23 Å². The average Bonchev–Trinajstić information content (AvgIpc) is 3.17. The first kappa shape index (κ1) is 20.8. The van der Waals surface area contributed by atoms with Crippen LogP contribution in [0.3, 0.4) is 0 Å². The molecule has 0 aliphatic carbocycles. The number of fused-ring (bicyclic) bond motifs is 4. The van der Waals surface area contributed by atoms with Crippen LogP contribution in [-0.2, 0) is 16.1 Å². The van der Waals surface area contributed by atoms with Gasteiger partial charge in [0.1, 0.15) is 23.9 Å². The fourth-order valence-corrected chi connectivity index (χ4v) is 4.27. The predicted molar refractivity (Wildman–Crippen MR) is 117 cm³/mol. The lowest BCUT2D eigenvalue weighted by molar-refractivity contribution is -0.0365. The van der Waals surface area contributed by atoms with Crippen molar-refractivity contribution >= 4 is 17.0 Å². The third-order valence-electron chi connectivity index (χ3n) is 5.96. The predicted octanol–water partition coefficient (Wildman–Crippen LogP) is 4.94. The quantitative estimate of drug-likeness (QED) is 0.581. The molecule has 2 aliphatic rings. The van der Waals surface area contributed by atoms with E-state index in [1.807, 2.05) is 29.8 Å². The molecule has 4 bridgehead atoms. The monoisotopic (exact) mass is 439 g/mol. The van der Waals surface area contributed by atoms with Gasteiger partial charge >= 0.3 is 6.09 Å². The molecule has 8 heteroatoms. The summed E-state index contributed by atoms with van der Waals surface area (Å²) in [6.45, 7) is 2.86. The summed E-state index contributed by atoms with van der Waals surface area (Å²) in [4.78, 5) is 12.0. The molecular weight excluding hydrogens is 413 g/mol. The number of nitrogens with zero attached hydrogens (tertiary/aromatic N) is 2. The molecule has 1 fully saturated rings. The highest BCUT2D eigenvalue weighted by atomic mass is 19.1. The summed E-state index contributed by atoms with van der Waals surface area (Å²) in [5.74, 6) is 0.218. The molecule has 5 rings (SSSR count). The smallest absolute Gasteiger partial charge is 0.407 e. The Morgan fingerprint density at radius 3 is 2.94 bits per heavy atom. The van der Waals surface area contributed by atoms with Crippen molar-refractivity contribution in [3.63, 3.8) is 0 Å². The second kappa shape index (κ2) is 8.78. The Morgan fingerprint density at radius 1 is 1.19 bits per heavy atom. The number of amides is 1. The second-order valence-corrected chi connectivity index (χ2v) is 8.29. The van der Waals surface area contributed by atoms with Crippen LogP contribution in [0.25, 0.3) is 22.2 Å². The van der Waals surface area contributed by atoms with Crippen molar-refractivity contribution in [2.75, 3.05) is 13.2 Å². The van der Waals surface area contributed by atoms with Gasteiger partial charge in [-0.15, -0.1) is 0 Å². The lowest BCUT2D eigenvalue weighted by atomic mass is 10.0. The molecule has 3 heterocycles. The first-order valence-corrected chi connectivity index (χ1v) is 11.1. The summed E-state index contributed by atoms with van der Waals surface area (Å²) in [5, 5.41) is 8.29. The number of benzene rings is 2. The number of carbonyl (C=O) groups excluding carboxylic acids is 1. The van der Waals surface area contributed by atoms with E-state index in [4.69, 9.17) is 19.3 Å². The number of rotatable bonds is 1. The molecule has 168 valence electrons. The van der Waals surface area contributed by atoms with E-state index in [0.717, 1.165) is 30.2 Å². The number of carbonyl (C=O) groups is 1. The summed E-state index contributed by atoms with van der Waals surface area (Å²) in [5.41, 5.74) is 2.04. The van der Waals surface area contributed by atoms with Crippen molar-refractivity contribution < 1.29 is 23.4 Å². The zero-order valence-electron chi connectivity index (χ0n) is 18.0. The van der Waals surface area contributed by atoms with Gasteiger partial charge in [0.25, 0.3) is 0 Å². The van der Waals surface area contributed by atoms with Crippen LogP contribution < -0.4 is 10.1 Å². The van der Waals surface area contributed by atoms with Gasteiger partial charge in [-0.2, -0.15) is 5.10 Å². The largest absolute Gasteiger partial charge is 0.491 e. The number of hydrogen-bond donors (Lipinski definition) is 1. The van der Waals surface area contributed by atoms with Gasteiger partial charge in [-0.05, 0) is 50.5 Å². The molecule has 2 atom stereocenters. The van der Waals surface area contributed by atoms with Gasteiger partial charge < -0.3 is 19.5 Å². The van der Waals surface area contributed by atoms with Crippen LogP contribution in [-0.4, -0.2) is 35.1 Å². The Labute approximate surface area is 185 Å².